The molecule has 1 fully saturated rings. The van der Waals surface area contributed by atoms with Crippen molar-refractivity contribution in [2.45, 2.75) is 37.4 Å². The topological polar surface area (TPSA) is 52.5 Å². The highest BCUT2D eigenvalue weighted by Crippen LogP contribution is 2.31. The van der Waals surface area contributed by atoms with E-state index in [0.717, 1.165) is 19.3 Å². The van der Waals surface area contributed by atoms with E-state index in [1.807, 2.05) is 18.2 Å². The van der Waals surface area contributed by atoms with Crippen LogP contribution < -0.4 is 5.32 Å². The molecule has 1 saturated carbocycles. The number of aliphatic hydroxyl groups is 2. The molecule has 0 aliphatic heterocycles. The maximum Gasteiger partial charge on any atom is 0.101 e. The fraction of sp³-hybridized carbons (Fsp3) is 0.571. The summed E-state index contributed by atoms with van der Waals surface area (Å²) in [5.74, 6) is 0. The third-order valence-electron chi connectivity index (χ3n) is 3.66. The zero-order valence-electron chi connectivity index (χ0n) is 10.6. The van der Waals surface area contributed by atoms with Crippen molar-refractivity contribution in [3.8, 4) is 0 Å². The standard InChI is InChI=1S/C14H20ClNO2/c1-13(17,11-5-2-3-6-12(11)15)9-16-10-14(18)7-4-8-14/h2-3,5-6,16-18H,4,7-10H2,1H3. The molecule has 1 atom stereocenters. The number of hydrogen-bond acceptors (Lipinski definition) is 3. The number of nitrogens with one attached hydrogen (secondary N) is 1. The van der Waals surface area contributed by atoms with Gasteiger partial charge in [0.25, 0.3) is 0 Å². The molecule has 2 rings (SSSR count). The molecule has 1 aromatic carbocycles. The minimum Gasteiger partial charge on any atom is -0.389 e. The van der Waals surface area contributed by atoms with Crippen LogP contribution in [0.15, 0.2) is 24.3 Å². The summed E-state index contributed by atoms with van der Waals surface area (Å²) in [5.41, 5.74) is -0.894. The first-order valence-electron chi connectivity index (χ1n) is 6.33. The highest BCUT2D eigenvalue weighted by Gasteiger charge is 2.34. The maximum atomic E-state index is 10.4. The van der Waals surface area contributed by atoms with Crippen molar-refractivity contribution in [3.63, 3.8) is 0 Å². The van der Waals surface area contributed by atoms with Crippen LogP contribution in [-0.4, -0.2) is 28.9 Å². The van der Waals surface area contributed by atoms with Crippen molar-refractivity contribution in [2.75, 3.05) is 13.1 Å². The second-order valence-corrected chi connectivity index (χ2v) is 5.84. The molecule has 1 aliphatic carbocycles. The van der Waals surface area contributed by atoms with Crippen molar-refractivity contribution in [3.05, 3.63) is 34.9 Å². The first-order chi connectivity index (χ1) is 8.43. The van der Waals surface area contributed by atoms with E-state index in [0.29, 0.717) is 23.7 Å². The van der Waals surface area contributed by atoms with E-state index in [9.17, 15) is 10.2 Å². The Balaban J connectivity index is 1.93. The van der Waals surface area contributed by atoms with Gasteiger partial charge in [-0.1, -0.05) is 29.8 Å². The minimum absolute atomic E-state index is 0.374. The Morgan fingerprint density at radius 1 is 1.39 bits per heavy atom. The van der Waals surface area contributed by atoms with E-state index < -0.39 is 11.2 Å². The van der Waals surface area contributed by atoms with Crippen LogP contribution in [0.5, 0.6) is 0 Å². The van der Waals surface area contributed by atoms with Crippen molar-refractivity contribution in [1.29, 1.82) is 0 Å². The van der Waals surface area contributed by atoms with Gasteiger partial charge in [-0.15, -0.1) is 0 Å². The smallest absolute Gasteiger partial charge is 0.101 e. The molecule has 0 bridgehead atoms. The van der Waals surface area contributed by atoms with Crippen LogP contribution in [-0.2, 0) is 5.60 Å². The van der Waals surface area contributed by atoms with Crippen LogP contribution in [0, 0.1) is 0 Å². The molecule has 3 nitrogen and oxygen atoms in total. The SMILES string of the molecule is CC(O)(CNCC1(O)CCC1)c1ccccc1Cl. The number of hydrogen-bond donors (Lipinski definition) is 3. The fourth-order valence-electron chi connectivity index (χ4n) is 2.29. The van der Waals surface area contributed by atoms with Gasteiger partial charge in [0, 0.05) is 23.7 Å². The number of benzene rings is 1. The fourth-order valence-corrected chi connectivity index (χ4v) is 2.63. The van der Waals surface area contributed by atoms with Gasteiger partial charge in [0.2, 0.25) is 0 Å². The highest BCUT2D eigenvalue weighted by molar-refractivity contribution is 6.31. The Bertz CT molecular complexity index is 416. The van der Waals surface area contributed by atoms with Gasteiger partial charge in [0.15, 0.2) is 0 Å². The van der Waals surface area contributed by atoms with Gasteiger partial charge in [-0.3, -0.25) is 0 Å². The second-order valence-electron chi connectivity index (χ2n) is 5.44. The van der Waals surface area contributed by atoms with E-state index in [1.54, 1.807) is 13.0 Å². The third kappa shape index (κ3) is 3.04. The molecular weight excluding hydrogens is 250 g/mol. The van der Waals surface area contributed by atoms with E-state index in [2.05, 4.69) is 5.32 Å². The molecule has 0 radical (unpaired) electrons. The lowest BCUT2D eigenvalue weighted by molar-refractivity contribution is -0.0367. The first kappa shape index (κ1) is 13.8. The molecule has 3 N–H and O–H groups in total. The van der Waals surface area contributed by atoms with Crippen molar-refractivity contribution < 1.29 is 10.2 Å². The molecule has 0 heterocycles. The second kappa shape index (κ2) is 5.17. The van der Waals surface area contributed by atoms with E-state index >= 15 is 0 Å². The van der Waals surface area contributed by atoms with Crippen LogP contribution in [0.3, 0.4) is 0 Å². The molecule has 0 spiro atoms. The molecule has 1 aliphatic rings. The van der Waals surface area contributed by atoms with E-state index in [4.69, 9.17) is 11.6 Å². The molecule has 100 valence electrons. The van der Waals surface area contributed by atoms with Gasteiger partial charge >= 0.3 is 0 Å². The minimum atomic E-state index is -1.03. The number of halogens is 1. The molecule has 0 aromatic heterocycles. The van der Waals surface area contributed by atoms with Gasteiger partial charge < -0.3 is 15.5 Å². The van der Waals surface area contributed by atoms with E-state index in [-0.39, 0.29) is 0 Å². The Morgan fingerprint density at radius 2 is 2.06 bits per heavy atom. The lowest BCUT2D eigenvalue weighted by Crippen LogP contribution is -2.49. The van der Waals surface area contributed by atoms with Crippen LogP contribution in [0.2, 0.25) is 5.02 Å². The Hall–Kier alpha value is -0.610. The summed E-state index contributed by atoms with van der Waals surface area (Å²) in [7, 11) is 0. The van der Waals surface area contributed by atoms with Gasteiger partial charge in [0.1, 0.15) is 5.60 Å². The third-order valence-corrected chi connectivity index (χ3v) is 3.99. The summed E-state index contributed by atoms with van der Waals surface area (Å²) in [6, 6.07) is 7.29. The quantitative estimate of drug-likeness (QED) is 0.767. The molecular formula is C14H20ClNO2. The van der Waals surface area contributed by atoms with Crippen molar-refractivity contribution in [1.82, 2.24) is 5.32 Å². The monoisotopic (exact) mass is 269 g/mol. The predicted octanol–water partition coefficient (Wildman–Crippen LogP) is 2.05. The van der Waals surface area contributed by atoms with Gasteiger partial charge in [-0.05, 0) is 32.3 Å². The highest BCUT2D eigenvalue weighted by atomic mass is 35.5. The Morgan fingerprint density at radius 3 is 2.61 bits per heavy atom. The van der Waals surface area contributed by atoms with Crippen LogP contribution in [0.1, 0.15) is 31.7 Å². The average Bonchev–Trinajstić information content (AvgIpc) is 2.27. The molecule has 4 heteroatoms. The van der Waals surface area contributed by atoms with Gasteiger partial charge in [-0.25, -0.2) is 0 Å². The maximum absolute atomic E-state index is 10.4. The predicted molar refractivity (Wildman–Crippen MR) is 72.7 cm³/mol. The summed E-state index contributed by atoms with van der Waals surface area (Å²) in [6.07, 6.45) is 2.77. The summed E-state index contributed by atoms with van der Waals surface area (Å²) < 4.78 is 0. The summed E-state index contributed by atoms with van der Waals surface area (Å²) >= 11 is 6.08. The van der Waals surface area contributed by atoms with Crippen molar-refractivity contribution in [2.24, 2.45) is 0 Å². The summed E-state index contributed by atoms with van der Waals surface area (Å²) in [5, 5.41) is 24.1. The molecule has 1 aromatic rings. The first-order valence-corrected chi connectivity index (χ1v) is 6.71. The van der Waals surface area contributed by atoms with Crippen LogP contribution in [0.4, 0.5) is 0 Å². The normalized spacial score (nSPS) is 21.1. The van der Waals surface area contributed by atoms with E-state index in [1.165, 1.54) is 0 Å². The summed E-state index contributed by atoms with van der Waals surface area (Å²) in [4.78, 5) is 0. The lowest BCUT2D eigenvalue weighted by Gasteiger charge is -2.37. The Labute approximate surface area is 113 Å². The molecule has 1 unspecified atom stereocenters. The van der Waals surface area contributed by atoms with Crippen LogP contribution >= 0.6 is 11.6 Å². The van der Waals surface area contributed by atoms with Crippen molar-refractivity contribution >= 4 is 11.6 Å². The van der Waals surface area contributed by atoms with Gasteiger partial charge in [-0.2, -0.15) is 0 Å². The Kier molecular flexibility index (Phi) is 3.97. The largest absolute Gasteiger partial charge is 0.389 e. The summed E-state index contributed by atoms with van der Waals surface area (Å²) in [6.45, 7) is 2.62. The lowest BCUT2D eigenvalue weighted by atomic mass is 9.80. The zero-order valence-corrected chi connectivity index (χ0v) is 11.4. The number of rotatable bonds is 5. The van der Waals surface area contributed by atoms with Crippen LogP contribution in [0.25, 0.3) is 0 Å². The molecule has 18 heavy (non-hydrogen) atoms. The zero-order chi connectivity index (χ0) is 13.2. The molecule has 0 saturated heterocycles. The average molecular weight is 270 g/mol. The van der Waals surface area contributed by atoms with Gasteiger partial charge in [0.05, 0.1) is 5.60 Å². The molecule has 0 amide bonds.